The van der Waals surface area contributed by atoms with Crippen LogP contribution in [0.5, 0.6) is 11.5 Å². The number of benzene rings is 1. The van der Waals surface area contributed by atoms with Gasteiger partial charge >= 0.3 is 0 Å². The number of aromatic hydroxyl groups is 1. The molecule has 0 aromatic heterocycles. The van der Waals surface area contributed by atoms with E-state index in [4.69, 9.17) is 4.74 Å². The van der Waals surface area contributed by atoms with Gasteiger partial charge < -0.3 is 15.2 Å². The van der Waals surface area contributed by atoms with Crippen LogP contribution in [0.2, 0.25) is 0 Å². The Bertz CT molecular complexity index is 421. The maximum Gasteiger partial charge on any atom is 0.233 e. The van der Waals surface area contributed by atoms with E-state index in [1.54, 1.807) is 26.3 Å². The molecule has 0 unspecified atom stereocenters. The van der Waals surface area contributed by atoms with Crippen molar-refractivity contribution in [2.45, 2.75) is 19.9 Å². The third kappa shape index (κ3) is 4.79. The number of rotatable bonds is 7. The highest BCUT2D eigenvalue weighted by Gasteiger charge is 2.12. The van der Waals surface area contributed by atoms with Crippen molar-refractivity contribution in [1.82, 2.24) is 10.2 Å². The van der Waals surface area contributed by atoms with E-state index in [-0.39, 0.29) is 11.7 Å². The van der Waals surface area contributed by atoms with Gasteiger partial charge in [0.25, 0.3) is 0 Å². The van der Waals surface area contributed by atoms with Gasteiger partial charge in [-0.3, -0.25) is 9.69 Å². The Kier molecular flexibility index (Phi) is 6.15. The first-order chi connectivity index (χ1) is 9.10. The van der Waals surface area contributed by atoms with Crippen molar-refractivity contribution in [1.29, 1.82) is 0 Å². The summed E-state index contributed by atoms with van der Waals surface area (Å²) < 4.78 is 5.05. The highest BCUT2D eigenvalue weighted by molar-refractivity contribution is 5.77. The van der Waals surface area contributed by atoms with E-state index in [9.17, 15) is 9.90 Å². The Balaban J connectivity index is 2.75. The lowest BCUT2D eigenvalue weighted by molar-refractivity contribution is -0.121. The summed E-state index contributed by atoms with van der Waals surface area (Å²) >= 11 is 0. The van der Waals surface area contributed by atoms with E-state index in [0.29, 0.717) is 18.8 Å². The molecular weight excluding hydrogens is 244 g/mol. The molecule has 0 spiro atoms. The minimum Gasteiger partial charge on any atom is -0.507 e. The van der Waals surface area contributed by atoms with Crippen LogP contribution >= 0.6 is 0 Å². The van der Waals surface area contributed by atoms with Crippen LogP contribution in [0.4, 0.5) is 0 Å². The summed E-state index contributed by atoms with van der Waals surface area (Å²) in [5.74, 6) is 0.786. The van der Waals surface area contributed by atoms with Crippen LogP contribution in [0.15, 0.2) is 18.2 Å². The molecule has 0 radical (unpaired) electrons. The zero-order valence-electron chi connectivity index (χ0n) is 11.8. The molecule has 0 aliphatic heterocycles. The first-order valence-corrected chi connectivity index (χ1v) is 6.39. The molecule has 0 bridgehead atoms. The minimum absolute atomic E-state index is 0.0264. The number of methoxy groups -OCH3 is 1. The molecule has 1 aromatic carbocycles. The Morgan fingerprint density at radius 3 is 2.74 bits per heavy atom. The predicted octanol–water partition coefficient (Wildman–Crippen LogP) is 1.36. The molecule has 106 valence electrons. The molecule has 5 nitrogen and oxygen atoms in total. The number of ether oxygens (including phenoxy) is 1. The van der Waals surface area contributed by atoms with Gasteiger partial charge in [0, 0.05) is 25.2 Å². The molecule has 0 saturated heterocycles. The van der Waals surface area contributed by atoms with Crippen LogP contribution in [0.25, 0.3) is 0 Å². The van der Waals surface area contributed by atoms with Crippen LogP contribution in [0, 0.1) is 0 Å². The lowest BCUT2D eigenvalue weighted by atomic mass is 10.1. The molecule has 1 rings (SSSR count). The second-order valence-corrected chi connectivity index (χ2v) is 4.38. The van der Waals surface area contributed by atoms with Crippen LogP contribution in [0.1, 0.15) is 18.9 Å². The van der Waals surface area contributed by atoms with E-state index < -0.39 is 0 Å². The highest BCUT2D eigenvalue weighted by Crippen LogP contribution is 2.24. The van der Waals surface area contributed by atoms with E-state index in [1.165, 1.54) is 0 Å². The molecule has 0 saturated carbocycles. The van der Waals surface area contributed by atoms with Gasteiger partial charge in [-0.1, -0.05) is 13.0 Å². The number of phenols is 1. The van der Waals surface area contributed by atoms with Crippen molar-refractivity contribution in [2.24, 2.45) is 0 Å². The van der Waals surface area contributed by atoms with Gasteiger partial charge in [0.15, 0.2) is 0 Å². The molecule has 0 fully saturated rings. The SMILES string of the molecule is CCCN(CC(=O)NC)Cc1ccc(OC)cc1O. The van der Waals surface area contributed by atoms with Gasteiger partial charge in [0.2, 0.25) is 5.91 Å². The third-order valence-corrected chi connectivity index (χ3v) is 2.87. The second-order valence-electron chi connectivity index (χ2n) is 4.38. The standard InChI is InChI=1S/C14H22N2O3/c1-4-7-16(10-14(18)15-2)9-11-5-6-12(19-3)8-13(11)17/h5-6,8,17H,4,7,9-10H2,1-3H3,(H,15,18). The van der Waals surface area contributed by atoms with Crippen LogP contribution in [0.3, 0.4) is 0 Å². The molecule has 0 heterocycles. The average molecular weight is 266 g/mol. The first kappa shape index (κ1) is 15.3. The second kappa shape index (κ2) is 7.63. The fourth-order valence-electron chi connectivity index (χ4n) is 1.86. The molecule has 2 N–H and O–H groups in total. The number of nitrogens with one attached hydrogen (secondary N) is 1. The van der Waals surface area contributed by atoms with Gasteiger partial charge in [-0.05, 0) is 19.0 Å². The fourth-order valence-corrected chi connectivity index (χ4v) is 1.86. The summed E-state index contributed by atoms with van der Waals surface area (Å²) in [7, 11) is 3.18. The summed E-state index contributed by atoms with van der Waals surface area (Å²) in [6, 6.07) is 5.21. The number of carbonyl (C=O) groups excluding carboxylic acids is 1. The summed E-state index contributed by atoms with van der Waals surface area (Å²) in [6.07, 6.45) is 0.952. The van der Waals surface area contributed by atoms with E-state index in [2.05, 4.69) is 12.2 Å². The maximum absolute atomic E-state index is 11.4. The van der Waals surface area contributed by atoms with Crippen LogP contribution < -0.4 is 10.1 Å². The van der Waals surface area contributed by atoms with Crippen molar-refractivity contribution in [3.63, 3.8) is 0 Å². The quantitative estimate of drug-likeness (QED) is 0.782. The Hall–Kier alpha value is -1.75. The number of nitrogens with zero attached hydrogens (tertiary/aromatic N) is 1. The third-order valence-electron chi connectivity index (χ3n) is 2.87. The van der Waals surface area contributed by atoms with E-state index in [0.717, 1.165) is 18.5 Å². The Labute approximate surface area is 114 Å². The number of carbonyl (C=O) groups is 1. The summed E-state index contributed by atoms with van der Waals surface area (Å²) in [4.78, 5) is 13.4. The van der Waals surface area contributed by atoms with E-state index in [1.807, 2.05) is 11.0 Å². The van der Waals surface area contributed by atoms with E-state index >= 15 is 0 Å². The molecule has 19 heavy (non-hydrogen) atoms. The zero-order valence-corrected chi connectivity index (χ0v) is 11.8. The number of hydrogen-bond donors (Lipinski definition) is 2. The topological polar surface area (TPSA) is 61.8 Å². The fraction of sp³-hybridized carbons (Fsp3) is 0.500. The molecular formula is C14H22N2O3. The minimum atomic E-state index is -0.0264. The smallest absolute Gasteiger partial charge is 0.233 e. The normalized spacial score (nSPS) is 10.5. The van der Waals surface area contributed by atoms with Gasteiger partial charge in [0.05, 0.1) is 13.7 Å². The molecule has 5 heteroatoms. The van der Waals surface area contributed by atoms with Crippen molar-refractivity contribution in [3.8, 4) is 11.5 Å². The van der Waals surface area contributed by atoms with Crippen molar-refractivity contribution in [2.75, 3.05) is 27.2 Å². The Morgan fingerprint density at radius 1 is 1.47 bits per heavy atom. The number of hydrogen-bond acceptors (Lipinski definition) is 4. The number of amides is 1. The first-order valence-electron chi connectivity index (χ1n) is 6.39. The van der Waals surface area contributed by atoms with Crippen molar-refractivity contribution < 1.29 is 14.6 Å². The number of likely N-dealkylation sites (N-methyl/N-ethyl adjacent to an activating group) is 1. The molecule has 0 atom stereocenters. The number of phenolic OH excluding ortho intramolecular Hbond substituents is 1. The summed E-state index contributed by atoms with van der Waals surface area (Å²) in [5, 5.41) is 12.5. The summed E-state index contributed by atoms with van der Waals surface area (Å²) in [6.45, 7) is 3.73. The lowest BCUT2D eigenvalue weighted by Gasteiger charge is -2.21. The average Bonchev–Trinajstić information content (AvgIpc) is 2.41. The lowest BCUT2D eigenvalue weighted by Crippen LogP contribution is -2.35. The van der Waals surface area contributed by atoms with Crippen molar-refractivity contribution >= 4 is 5.91 Å². The molecule has 0 aliphatic rings. The van der Waals surface area contributed by atoms with Crippen molar-refractivity contribution in [3.05, 3.63) is 23.8 Å². The maximum atomic E-state index is 11.4. The van der Waals surface area contributed by atoms with Crippen LogP contribution in [-0.4, -0.2) is 43.2 Å². The summed E-state index contributed by atoms with van der Waals surface area (Å²) in [5.41, 5.74) is 0.790. The Morgan fingerprint density at radius 2 is 2.21 bits per heavy atom. The largest absolute Gasteiger partial charge is 0.507 e. The monoisotopic (exact) mass is 266 g/mol. The molecule has 1 amide bonds. The van der Waals surface area contributed by atoms with Gasteiger partial charge in [-0.25, -0.2) is 0 Å². The molecule has 0 aliphatic carbocycles. The van der Waals surface area contributed by atoms with Gasteiger partial charge in [-0.2, -0.15) is 0 Å². The predicted molar refractivity (Wildman–Crippen MR) is 74.3 cm³/mol. The van der Waals surface area contributed by atoms with Gasteiger partial charge in [0.1, 0.15) is 11.5 Å². The van der Waals surface area contributed by atoms with Gasteiger partial charge in [-0.15, -0.1) is 0 Å². The van der Waals surface area contributed by atoms with Crippen LogP contribution in [-0.2, 0) is 11.3 Å². The zero-order chi connectivity index (χ0) is 14.3. The molecule has 1 aromatic rings. The highest BCUT2D eigenvalue weighted by atomic mass is 16.5.